The van der Waals surface area contributed by atoms with Gasteiger partial charge in [-0.15, -0.1) is 0 Å². The maximum atomic E-state index is 12.6. The van der Waals surface area contributed by atoms with Crippen LogP contribution in [-0.4, -0.2) is 21.6 Å². The molecule has 1 amide bonds. The lowest BCUT2D eigenvalue weighted by atomic mass is 10.1. The van der Waals surface area contributed by atoms with Gasteiger partial charge in [-0.3, -0.25) is 14.9 Å². The first-order chi connectivity index (χ1) is 18.5. The highest BCUT2D eigenvalue weighted by Gasteiger charge is 2.19. The molecule has 0 saturated heterocycles. The summed E-state index contributed by atoms with van der Waals surface area (Å²) in [6.45, 7) is 1.96. The SMILES string of the molecule is Cc1ccc(C(=O)N/N=C/c2cc(-c3ccccc3)n(-c3ccc([N+](=O)[O-])cc3)c2-c2ccccc2)cc1. The quantitative estimate of drug-likeness (QED) is 0.152. The van der Waals surface area contributed by atoms with Gasteiger partial charge >= 0.3 is 0 Å². The average molecular weight is 501 g/mol. The Kier molecular flexibility index (Phi) is 6.91. The van der Waals surface area contributed by atoms with E-state index >= 15 is 0 Å². The molecule has 0 spiro atoms. The molecule has 1 heterocycles. The molecule has 7 heteroatoms. The molecule has 0 aliphatic carbocycles. The van der Waals surface area contributed by atoms with Crippen molar-refractivity contribution in [2.75, 3.05) is 0 Å². The second-order valence-corrected chi connectivity index (χ2v) is 8.74. The standard InChI is InChI=1S/C31H24N4O3/c1-22-12-14-25(15-13-22)31(36)33-32-21-26-20-29(23-8-4-2-5-9-23)34(30(26)24-10-6-3-7-11-24)27-16-18-28(19-17-27)35(37)38/h2-21H,1H3,(H,33,36)/b32-21+. The zero-order chi connectivity index (χ0) is 26.5. The van der Waals surface area contributed by atoms with Crippen LogP contribution < -0.4 is 5.43 Å². The number of nitrogens with one attached hydrogen (secondary N) is 1. The Hall–Kier alpha value is -5.30. The Morgan fingerprint density at radius 3 is 2.05 bits per heavy atom. The Bertz CT molecular complexity index is 1610. The number of nitro benzene ring substituents is 1. The van der Waals surface area contributed by atoms with Crippen LogP contribution in [0.15, 0.2) is 120 Å². The van der Waals surface area contributed by atoms with Gasteiger partial charge in [-0.2, -0.15) is 5.10 Å². The second-order valence-electron chi connectivity index (χ2n) is 8.74. The van der Waals surface area contributed by atoms with Crippen LogP contribution in [0.1, 0.15) is 21.5 Å². The van der Waals surface area contributed by atoms with Crippen molar-refractivity contribution in [1.82, 2.24) is 9.99 Å². The number of nitro groups is 1. The molecule has 0 bridgehead atoms. The van der Waals surface area contributed by atoms with Crippen molar-refractivity contribution in [1.29, 1.82) is 0 Å². The van der Waals surface area contributed by atoms with Gasteiger partial charge in [0.15, 0.2) is 0 Å². The van der Waals surface area contributed by atoms with E-state index in [0.717, 1.165) is 39.3 Å². The van der Waals surface area contributed by atoms with Gasteiger partial charge in [0.25, 0.3) is 11.6 Å². The fourth-order valence-electron chi connectivity index (χ4n) is 4.26. The summed E-state index contributed by atoms with van der Waals surface area (Å²) >= 11 is 0. The molecule has 38 heavy (non-hydrogen) atoms. The zero-order valence-electron chi connectivity index (χ0n) is 20.6. The maximum absolute atomic E-state index is 12.6. The van der Waals surface area contributed by atoms with Crippen LogP contribution in [0.2, 0.25) is 0 Å². The number of amides is 1. The van der Waals surface area contributed by atoms with Gasteiger partial charge in [-0.05, 0) is 48.4 Å². The fraction of sp³-hybridized carbons (Fsp3) is 0.0323. The number of benzene rings is 4. The van der Waals surface area contributed by atoms with E-state index < -0.39 is 4.92 Å². The molecular weight excluding hydrogens is 476 g/mol. The van der Waals surface area contributed by atoms with Gasteiger partial charge in [-0.25, -0.2) is 5.43 Å². The minimum absolute atomic E-state index is 0.0176. The number of non-ortho nitro benzene ring substituents is 1. The van der Waals surface area contributed by atoms with Crippen molar-refractivity contribution < 1.29 is 9.72 Å². The average Bonchev–Trinajstić information content (AvgIpc) is 3.33. The van der Waals surface area contributed by atoms with Crippen molar-refractivity contribution >= 4 is 17.8 Å². The minimum atomic E-state index is -0.412. The molecule has 0 radical (unpaired) electrons. The molecule has 0 unspecified atom stereocenters. The van der Waals surface area contributed by atoms with Gasteiger partial charge in [-0.1, -0.05) is 78.4 Å². The molecule has 0 saturated carbocycles. The number of nitrogens with zero attached hydrogens (tertiary/aromatic N) is 3. The zero-order valence-corrected chi connectivity index (χ0v) is 20.6. The monoisotopic (exact) mass is 500 g/mol. The summed E-state index contributed by atoms with van der Waals surface area (Å²) in [7, 11) is 0. The summed E-state index contributed by atoms with van der Waals surface area (Å²) in [5, 5.41) is 15.5. The predicted molar refractivity (Wildman–Crippen MR) is 150 cm³/mol. The van der Waals surface area contributed by atoms with E-state index in [1.807, 2.05) is 85.8 Å². The second kappa shape index (κ2) is 10.8. The van der Waals surface area contributed by atoms with Gasteiger partial charge in [0.05, 0.1) is 22.5 Å². The van der Waals surface area contributed by atoms with E-state index in [0.29, 0.717) is 5.56 Å². The molecule has 186 valence electrons. The van der Waals surface area contributed by atoms with Crippen LogP contribution in [0.4, 0.5) is 5.69 Å². The normalized spacial score (nSPS) is 11.0. The molecule has 0 aliphatic heterocycles. The van der Waals surface area contributed by atoms with Crippen LogP contribution in [0.5, 0.6) is 0 Å². The van der Waals surface area contributed by atoms with Gasteiger partial charge in [0, 0.05) is 28.9 Å². The molecule has 0 fully saturated rings. The van der Waals surface area contributed by atoms with E-state index in [1.165, 1.54) is 12.1 Å². The molecule has 5 rings (SSSR count). The summed E-state index contributed by atoms with van der Waals surface area (Å²) in [5.74, 6) is -0.305. The lowest BCUT2D eigenvalue weighted by molar-refractivity contribution is -0.384. The van der Waals surface area contributed by atoms with Crippen molar-refractivity contribution in [3.8, 4) is 28.2 Å². The third kappa shape index (κ3) is 5.12. The number of hydrazone groups is 1. The lowest BCUT2D eigenvalue weighted by Gasteiger charge is -2.15. The Labute approximate surface area is 219 Å². The van der Waals surface area contributed by atoms with E-state index in [4.69, 9.17) is 0 Å². The lowest BCUT2D eigenvalue weighted by Crippen LogP contribution is -2.17. The topological polar surface area (TPSA) is 89.5 Å². The van der Waals surface area contributed by atoms with Crippen LogP contribution in [-0.2, 0) is 0 Å². The molecular formula is C31H24N4O3. The van der Waals surface area contributed by atoms with E-state index in [2.05, 4.69) is 15.1 Å². The largest absolute Gasteiger partial charge is 0.309 e. The summed E-state index contributed by atoms with van der Waals surface area (Å²) in [6.07, 6.45) is 1.63. The van der Waals surface area contributed by atoms with Gasteiger partial charge in [0.2, 0.25) is 0 Å². The molecule has 1 aromatic heterocycles. The predicted octanol–water partition coefficient (Wildman–Crippen LogP) is 6.79. The third-order valence-corrected chi connectivity index (χ3v) is 6.15. The highest BCUT2D eigenvalue weighted by molar-refractivity contribution is 5.97. The molecule has 0 aliphatic rings. The van der Waals surface area contributed by atoms with E-state index in [-0.39, 0.29) is 11.6 Å². The number of rotatable bonds is 7. The molecule has 4 aromatic carbocycles. The maximum Gasteiger partial charge on any atom is 0.271 e. The van der Waals surface area contributed by atoms with Crippen LogP contribution in [0.3, 0.4) is 0 Å². The summed E-state index contributed by atoms with van der Waals surface area (Å²) < 4.78 is 2.05. The van der Waals surface area contributed by atoms with Gasteiger partial charge < -0.3 is 4.57 Å². The van der Waals surface area contributed by atoms with E-state index in [1.54, 1.807) is 30.5 Å². The van der Waals surface area contributed by atoms with Crippen molar-refractivity contribution in [3.63, 3.8) is 0 Å². The summed E-state index contributed by atoms with van der Waals surface area (Å²) in [5.41, 5.74) is 9.37. The summed E-state index contributed by atoms with van der Waals surface area (Å²) in [6, 6.07) is 35.4. The van der Waals surface area contributed by atoms with Gasteiger partial charge in [0.1, 0.15) is 0 Å². The van der Waals surface area contributed by atoms with Crippen molar-refractivity contribution in [2.24, 2.45) is 5.10 Å². The molecule has 7 nitrogen and oxygen atoms in total. The first-order valence-corrected chi connectivity index (χ1v) is 12.0. The van der Waals surface area contributed by atoms with Crippen LogP contribution >= 0.6 is 0 Å². The van der Waals surface area contributed by atoms with E-state index in [9.17, 15) is 14.9 Å². The molecule has 1 N–H and O–H groups in total. The smallest absolute Gasteiger partial charge is 0.271 e. The molecule has 5 aromatic rings. The number of carbonyl (C=O) groups is 1. The number of hydrogen-bond acceptors (Lipinski definition) is 4. The van der Waals surface area contributed by atoms with Crippen molar-refractivity contribution in [2.45, 2.75) is 6.92 Å². The highest BCUT2D eigenvalue weighted by Crippen LogP contribution is 2.35. The Morgan fingerprint density at radius 2 is 1.45 bits per heavy atom. The van der Waals surface area contributed by atoms with Crippen LogP contribution in [0.25, 0.3) is 28.2 Å². The number of carbonyl (C=O) groups excluding carboxylic acids is 1. The van der Waals surface area contributed by atoms with Crippen LogP contribution in [0, 0.1) is 17.0 Å². The summed E-state index contributed by atoms with van der Waals surface area (Å²) in [4.78, 5) is 23.5. The minimum Gasteiger partial charge on any atom is -0.309 e. The highest BCUT2D eigenvalue weighted by atomic mass is 16.6. The molecule has 0 atom stereocenters. The third-order valence-electron chi connectivity index (χ3n) is 6.15. The number of aryl methyl sites for hydroxylation is 1. The van der Waals surface area contributed by atoms with Crippen molar-refractivity contribution in [3.05, 3.63) is 142 Å². The Morgan fingerprint density at radius 1 is 0.842 bits per heavy atom. The Balaban J connectivity index is 1.63. The first-order valence-electron chi connectivity index (χ1n) is 12.0. The first kappa shape index (κ1) is 24.4. The fourth-order valence-corrected chi connectivity index (χ4v) is 4.26. The number of aromatic nitrogens is 1. The number of hydrogen-bond donors (Lipinski definition) is 1.